The summed E-state index contributed by atoms with van der Waals surface area (Å²) in [7, 11) is 1.97. The number of nitrogen functional groups attached to an aromatic ring is 1. The number of aromatic nitrogens is 2. The fourth-order valence-corrected chi connectivity index (χ4v) is 2.24. The van der Waals surface area contributed by atoms with Gasteiger partial charge in [-0.05, 0) is 26.4 Å². The molecular formula is C12H18F3N5O. The van der Waals surface area contributed by atoms with E-state index >= 15 is 0 Å². The second-order valence-electron chi connectivity index (χ2n) is 5.00. The van der Waals surface area contributed by atoms with Gasteiger partial charge in [0.25, 0.3) is 0 Å². The first-order valence-electron chi connectivity index (χ1n) is 6.66. The van der Waals surface area contributed by atoms with Gasteiger partial charge in [-0.1, -0.05) is 6.42 Å². The lowest BCUT2D eigenvalue weighted by Gasteiger charge is -2.32. The molecule has 0 radical (unpaired) electrons. The summed E-state index contributed by atoms with van der Waals surface area (Å²) in [5.74, 6) is 3.58. The van der Waals surface area contributed by atoms with Crippen molar-refractivity contribution >= 4 is 5.82 Å². The van der Waals surface area contributed by atoms with E-state index in [9.17, 15) is 13.2 Å². The third-order valence-electron chi connectivity index (χ3n) is 3.45. The predicted octanol–water partition coefficient (Wildman–Crippen LogP) is 1.64. The Balaban J connectivity index is 2.08. The van der Waals surface area contributed by atoms with Gasteiger partial charge in [0.05, 0.1) is 0 Å². The van der Waals surface area contributed by atoms with Crippen molar-refractivity contribution in [2.24, 2.45) is 5.84 Å². The minimum absolute atomic E-state index is 0.135. The van der Waals surface area contributed by atoms with Gasteiger partial charge in [-0.3, -0.25) is 0 Å². The van der Waals surface area contributed by atoms with E-state index in [1.807, 2.05) is 7.05 Å². The van der Waals surface area contributed by atoms with Gasteiger partial charge in [-0.2, -0.15) is 18.2 Å². The lowest BCUT2D eigenvalue weighted by atomic mass is 10.0. The van der Waals surface area contributed by atoms with Crippen LogP contribution in [0.3, 0.4) is 0 Å². The number of piperidine rings is 1. The Morgan fingerprint density at radius 1 is 1.43 bits per heavy atom. The molecular weight excluding hydrogens is 287 g/mol. The number of alkyl halides is 3. The Morgan fingerprint density at radius 2 is 2.19 bits per heavy atom. The Morgan fingerprint density at radius 3 is 2.81 bits per heavy atom. The number of hydrazine groups is 1. The van der Waals surface area contributed by atoms with E-state index in [1.165, 1.54) is 6.07 Å². The van der Waals surface area contributed by atoms with Gasteiger partial charge in [0.2, 0.25) is 11.7 Å². The second-order valence-corrected chi connectivity index (χ2v) is 5.00. The molecule has 2 rings (SSSR count). The highest BCUT2D eigenvalue weighted by molar-refractivity contribution is 5.37. The normalized spacial score (nSPS) is 20.3. The van der Waals surface area contributed by atoms with Crippen LogP contribution in [0.2, 0.25) is 0 Å². The Kier molecular flexibility index (Phi) is 4.84. The molecule has 1 aromatic rings. The van der Waals surface area contributed by atoms with Gasteiger partial charge >= 0.3 is 6.18 Å². The number of hydrogen-bond donors (Lipinski definition) is 2. The maximum atomic E-state index is 12.7. The highest BCUT2D eigenvalue weighted by atomic mass is 19.4. The summed E-state index contributed by atoms with van der Waals surface area (Å²) in [6.07, 6.45) is -1.48. The number of nitrogens with zero attached hydrogens (tertiary/aromatic N) is 3. The molecule has 1 atom stereocenters. The maximum absolute atomic E-state index is 12.7. The molecule has 1 saturated heterocycles. The quantitative estimate of drug-likeness (QED) is 0.650. The third-order valence-corrected chi connectivity index (χ3v) is 3.45. The van der Waals surface area contributed by atoms with Crippen molar-refractivity contribution in [3.8, 4) is 5.88 Å². The summed E-state index contributed by atoms with van der Waals surface area (Å²) in [6.45, 7) is 1.25. The highest BCUT2D eigenvalue weighted by Gasteiger charge is 2.35. The van der Waals surface area contributed by atoms with Crippen LogP contribution in [0.1, 0.15) is 25.1 Å². The second kappa shape index (κ2) is 6.44. The zero-order valence-corrected chi connectivity index (χ0v) is 11.7. The topological polar surface area (TPSA) is 76.3 Å². The van der Waals surface area contributed by atoms with Crippen LogP contribution in [-0.2, 0) is 6.18 Å². The summed E-state index contributed by atoms with van der Waals surface area (Å²) >= 11 is 0. The molecule has 6 nitrogen and oxygen atoms in total. The number of nitrogens with one attached hydrogen (secondary N) is 1. The highest BCUT2D eigenvalue weighted by Crippen LogP contribution is 2.29. The third kappa shape index (κ3) is 4.18. The monoisotopic (exact) mass is 305 g/mol. The van der Waals surface area contributed by atoms with Gasteiger partial charge in [-0.25, -0.2) is 10.8 Å². The molecule has 0 aromatic carbocycles. The predicted molar refractivity (Wildman–Crippen MR) is 70.6 cm³/mol. The van der Waals surface area contributed by atoms with Gasteiger partial charge in [0.1, 0.15) is 12.4 Å². The number of halogens is 3. The van der Waals surface area contributed by atoms with Gasteiger partial charge < -0.3 is 15.1 Å². The van der Waals surface area contributed by atoms with E-state index in [2.05, 4.69) is 20.3 Å². The zero-order chi connectivity index (χ0) is 15.5. The van der Waals surface area contributed by atoms with Crippen LogP contribution in [0.15, 0.2) is 6.07 Å². The molecule has 0 spiro atoms. The molecule has 2 heterocycles. The van der Waals surface area contributed by atoms with E-state index < -0.39 is 12.0 Å². The molecule has 3 N–H and O–H groups in total. The number of anilines is 1. The van der Waals surface area contributed by atoms with Gasteiger partial charge in [-0.15, -0.1) is 0 Å². The fraction of sp³-hybridized carbons (Fsp3) is 0.667. The number of likely N-dealkylation sites (N-methyl/N-ethyl adjacent to an activating group) is 1. The average molecular weight is 305 g/mol. The minimum atomic E-state index is -4.65. The molecule has 1 unspecified atom stereocenters. The first-order valence-corrected chi connectivity index (χ1v) is 6.66. The number of rotatable bonds is 4. The molecule has 9 heteroatoms. The zero-order valence-electron chi connectivity index (χ0n) is 11.7. The first kappa shape index (κ1) is 15.8. The van der Waals surface area contributed by atoms with E-state index in [-0.39, 0.29) is 24.3 Å². The van der Waals surface area contributed by atoms with E-state index in [4.69, 9.17) is 10.6 Å². The molecule has 1 aliphatic rings. The van der Waals surface area contributed by atoms with Crippen molar-refractivity contribution in [3.63, 3.8) is 0 Å². The summed E-state index contributed by atoms with van der Waals surface area (Å²) in [5.41, 5.74) is 2.09. The van der Waals surface area contributed by atoms with Crippen LogP contribution in [0, 0.1) is 0 Å². The Hall–Kier alpha value is -1.61. The van der Waals surface area contributed by atoms with Crippen LogP contribution in [0.4, 0.5) is 19.0 Å². The molecule has 1 aliphatic heterocycles. The van der Waals surface area contributed by atoms with Crippen LogP contribution >= 0.6 is 0 Å². The number of likely N-dealkylation sites (tertiary alicyclic amines) is 1. The van der Waals surface area contributed by atoms with E-state index in [0.29, 0.717) is 0 Å². The molecule has 0 aliphatic carbocycles. The molecule has 0 bridgehead atoms. The lowest BCUT2D eigenvalue weighted by molar-refractivity contribution is -0.145. The van der Waals surface area contributed by atoms with Crippen LogP contribution in [0.25, 0.3) is 0 Å². The molecule has 0 saturated carbocycles. The largest absolute Gasteiger partial charge is 0.476 e. The molecule has 1 aromatic heterocycles. The van der Waals surface area contributed by atoms with Crippen molar-refractivity contribution in [2.45, 2.75) is 31.5 Å². The molecule has 118 valence electrons. The summed E-state index contributed by atoms with van der Waals surface area (Å²) in [6, 6.07) is 1.43. The van der Waals surface area contributed by atoms with Crippen molar-refractivity contribution < 1.29 is 17.9 Å². The number of nitrogens with two attached hydrogens (primary N) is 1. The minimum Gasteiger partial charge on any atom is -0.476 e. The van der Waals surface area contributed by atoms with Crippen LogP contribution in [-0.4, -0.2) is 41.1 Å². The molecule has 0 amide bonds. The summed E-state index contributed by atoms with van der Waals surface area (Å²) in [5, 5.41) is 0. The van der Waals surface area contributed by atoms with Gasteiger partial charge in [0, 0.05) is 12.1 Å². The van der Waals surface area contributed by atoms with Crippen LogP contribution in [0.5, 0.6) is 5.88 Å². The summed E-state index contributed by atoms with van der Waals surface area (Å²) < 4.78 is 43.5. The van der Waals surface area contributed by atoms with Crippen LogP contribution < -0.4 is 16.0 Å². The summed E-state index contributed by atoms with van der Waals surface area (Å²) in [4.78, 5) is 8.80. The smallest absolute Gasteiger partial charge is 0.451 e. The van der Waals surface area contributed by atoms with E-state index in [1.54, 1.807) is 0 Å². The van der Waals surface area contributed by atoms with Crippen molar-refractivity contribution in [1.82, 2.24) is 14.9 Å². The Labute approximate surface area is 120 Å². The number of hydrogen-bond acceptors (Lipinski definition) is 6. The lowest BCUT2D eigenvalue weighted by Crippen LogP contribution is -2.40. The number of ether oxygens (including phenoxy) is 1. The Bertz CT molecular complexity index is 482. The standard InChI is InChI=1S/C12H18F3N5O/c1-20-5-3-2-4-8(20)7-21-10-6-9(19-16)17-11(18-10)12(13,14)15/h6,8H,2-5,7,16H2,1H3,(H,17,18,19). The first-order chi connectivity index (χ1) is 9.90. The maximum Gasteiger partial charge on any atom is 0.451 e. The fourth-order valence-electron chi connectivity index (χ4n) is 2.24. The SMILES string of the molecule is CN1CCCCC1COc1cc(NN)nc(C(F)(F)F)n1. The van der Waals surface area contributed by atoms with Crippen molar-refractivity contribution in [3.05, 3.63) is 11.9 Å². The molecule has 1 fully saturated rings. The molecule has 21 heavy (non-hydrogen) atoms. The van der Waals surface area contributed by atoms with Gasteiger partial charge in [0.15, 0.2) is 0 Å². The van der Waals surface area contributed by atoms with E-state index in [0.717, 1.165) is 25.8 Å². The van der Waals surface area contributed by atoms with Crippen molar-refractivity contribution in [1.29, 1.82) is 0 Å². The van der Waals surface area contributed by atoms with Crippen molar-refractivity contribution in [2.75, 3.05) is 25.6 Å². The average Bonchev–Trinajstić information content (AvgIpc) is 2.45.